The molecule has 0 aliphatic rings. The number of halogens is 3. The van der Waals surface area contributed by atoms with E-state index in [1.54, 1.807) is 30.0 Å². The van der Waals surface area contributed by atoms with Gasteiger partial charge in [-0.25, -0.2) is 4.39 Å². The van der Waals surface area contributed by atoms with Crippen molar-refractivity contribution in [2.45, 2.75) is 17.4 Å². The Hall–Kier alpha value is -0.740. The third-order valence-corrected chi connectivity index (χ3v) is 4.70. The molecule has 0 saturated carbocycles. The van der Waals surface area contributed by atoms with Gasteiger partial charge in [0.1, 0.15) is 5.82 Å². The molecule has 0 aliphatic heterocycles. The molecule has 2 aromatic carbocycles. The summed E-state index contributed by atoms with van der Waals surface area (Å²) in [4.78, 5) is 1.01. The maximum atomic E-state index is 12.8. The highest BCUT2D eigenvalue weighted by atomic mass is 35.5. The van der Waals surface area contributed by atoms with Crippen molar-refractivity contribution in [1.29, 1.82) is 0 Å². The van der Waals surface area contributed by atoms with Crippen molar-refractivity contribution in [2.24, 2.45) is 5.73 Å². The van der Waals surface area contributed by atoms with Gasteiger partial charge in [-0.1, -0.05) is 29.3 Å². The summed E-state index contributed by atoms with van der Waals surface area (Å²) in [5, 5.41) is 1.09. The number of hydrogen-bond donors (Lipinski definition) is 1. The maximum Gasteiger partial charge on any atom is 0.123 e. The summed E-state index contributed by atoms with van der Waals surface area (Å²) in [5.41, 5.74) is 7.16. The molecule has 5 heteroatoms. The van der Waals surface area contributed by atoms with Gasteiger partial charge < -0.3 is 5.73 Å². The molecule has 0 saturated heterocycles. The monoisotopic (exact) mass is 329 g/mol. The van der Waals surface area contributed by atoms with Gasteiger partial charge in [0.2, 0.25) is 0 Å². The molecule has 2 aromatic rings. The Kier molecular flexibility index (Phi) is 5.73. The fourth-order valence-corrected chi connectivity index (χ4v) is 2.94. The summed E-state index contributed by atoms with van der Waals surface area (Å²) in [6, 6.07) is 12.0. The van der Waals surface area contributed by atoms with Crippen LogP contribution < -0.4 is 5.73 Å². The van der Waals surface area contributed by atoms with Crippen LogP contribution in [0, 0.1) is 5.82 Å². The second-order valence-corrected chi connectivity index (χ2v) is 6.39. The van der Waals surface area contributed by atoms with Crippen LogP contribution in [0.2, 0.25) is 10.0 Å². The second-order valence-electron chi connectivity index (χ2n) is 4.48. The lowest BCUT2D eigenvalue weighted by atomic mass is 10.1. The van der Waals surface area contributed by atoms with E-state index in [0.29, 0.717) is 10.0 Å². The van der Waals surface area contributed by atoms with Crippen LogP contribution in [0.4, 0.5) is 4.39 Å². The van der Waals surface area contributed by atoms with Gasteiger partial charge in [0.25, 0.3) is 0 Å². The van der Waals surface area contributed by atoms with E-state index in [-0.39, 0.29) is 11.9 Å². The first-order chi connectivity index (χ1) is 9.54. The van der Waals surface area contributed by atoms with Gasteiger partial charge in [-0.05, 0) is 48.4 Å². The quantitative estimate of drug-likeness (QED) is 0.798. The highest BCUT2D eigenvalue weighted by Crippen LogP contribution is 2.24. The number of nitrogens with two attached hydrogens (primary N) is 1. The van der Waals surface area contributed by atoms with Crippen LogP contribution >= 0.6 is 35.0 Å². The Balaban J connectivity index is 1.87. The van der Waals surface area contributed by atoms with Crippen molar-refractivity contribution in [3.05, 3.63) is 63.9 Å². The van der Waals surface area contributed by atoms with Crippen LogP contribution in [0.1, 0.15) is 5.56 Å². The molecule has 1 atom stereocenters. The zero-order valence-electron chi connectivity index (χ0n) is 10.7. The summed E-state index contributed by atoms with van der Waals surface area (Å²) in [5.74, 6) is 0.528. The maximum absolute atomic E-state index is 12.8. The predicted molar refractivity (Wildman–Crippen MR) is 85.3 cm³/mol. The molecule has 0 amide bonds. The summed E-state index contributed by atoms with van der Waals surface area (Å²) in [7, 11) is 0. The topological polar surface area (TPSA) is 26.0 Å². The standard InChI is InChI=1S/C15H14Cl2FNS/c16-14-6-1-10(8-15(14)17)7-12(19)9-20-13-4-2-11(18)3-5-13/h1-6,8,12H,7,9,19H2. The van der Waals surface area contributed by atoms with E-state index in [1.807, 2.05) is 12.1 Å². The molecule has 0 fully saturated rings. The van der Waals surface area contributed by atoms with Crippen LogP contribution in [0.5, 0.6) is 0 Å². The lowest BCUT2D eigenvalue weighted by molar-refractivity contribution is 0.626. The smallest absolute Gasteiger partial charge is 0.123 e. The van der Waals surface area contributed by atoms with Gasteiger partial charge in [0.15, 0.2) is 0 Å². The second kappa shape index (κ2) is 7.32. The van der Waals surface area contributed by atoms with E-state index in [1.165, 1.54) is 12.1 Å². The molecule has 2 rings (SSSR count). The van der Waals surface area contributed by atoms with Crippen molar-refractivity contribution in [3.63, 3.8) is 0 Å². The lowest BCUT2D eigenvalue weighted by Gasteiger charge is -2.12. The molecule has 20 heavy (non-hydrogen) atoms. The average Bonchev–Trinajstić information content (AvgIpc) is 2.42. The SMILES string of the molecule is NC(CSc1ccc(F)cc1)Cc1ccc(Cl)c(Cl)c1. The van der Waals surface area contributed by atoms with Crippen molar-refractivity contribution >= 4 is 35.0 Å². The molecule has 0 aromatic heterocycles. The van der Waals surface area contributed by atoms with Crippen LogP contribution in [0.25, 0.3) is 0 Å². The molecular weight excluding hydrogens is 316 g/mol. The van der Waals surface area contributed by atoms with E-state index in [4.69, 9.17) is 28.9 Å². The van der Waals surface area contributed by atoms with Crippen LogP contribution in [-0.2, 0) is 6.42 Å². The van der Waals surface area contributed by atoms with Crippen LogP contribution in [-0.4, -0.2) is 11.8 Å². The third kappa shape index (κ3) is 4.67. The molecule has 1 nitrogen and oxygen atoms in total. The van der Waals surface area contributed by atoms with E-state index in [0.717, 1.165) is 22.6 Å². The molecule has 0 radical (unpaired) electrons. The Morgan fingerprint density at radius 3 is 2.40 bits per heavy atom. The third-order valence-electron chi connectivity index (χ3n) is 2.76. The molecule has 2 N–H and O–H groups in total. The minimum absolute atomic E-state index is 0.00213. The normalized spacial score (nSPS) is 12.4. The first-order valence-electron chi connectivity index (χ1n) is 6.12. The van der Waals surface area contributed by atoms with Gasteiger partial charge in [-0.15, -0.1) is 11.8 Å². The number of hydrogen-bond acceptors (Lipinski definition) is 2. The molecule has 0 heterocycles. The molecule has 0 bridgehead atoms. The first-order valence-corrected chi connectivity index (χ1v) is 7.86. The Bertz CT molecular complexity index is 575. The van der Waals surface area contributed by atoms with Gasteiger partial charge >= 0.3 is 0 Å². The van der Waals surface area contributed by atoms with E-state index < -0.39 is 0 Å². The number of benzene rings is 2. The number of thioether (sulfide) groups is 1. The average molecular weight is 330 g/mol. The van der Waals surface area contributed by atoms with Gasteiger partial charge in [0, 0.05) is 16.7 Å². The minimum atomic E-state index is -0.227. The van der Waals surface area contributed by atoms with Crippen molar-refractivity contribution in [1.82, 2.24) is 0 Å². The zero-order chi connectivity index (χ0) is 14.5. The molecule has 106 valence electrons. The summed E-state index contributed by atoms with van der Waals surface area (Å²) < 4.78 is 12.8. The molecule has 1 unspecified atom stereocenters. The van der Waals surface area contributed by atoms with Crippen LogP contribution in [0.3, 0.4) is 0 Å². The van der Waals surface area contributed by atoms with Crippen molar-refractivity contribution in [2.75, 3.05) is 5.75 Å². The summed E-state index contributed by atoms with van der Waals surface area (Å²) in [6.07, 6.45) is 0.727. The van der Waals surface area contributed by atoms with Crippen molar-refractivity contribution in [3.8, 4) is 0 Å². The summed E-state index contributed by atoms with van der Waals surface area (Å²) in [6.45, 7) is 0. The molecular formula is C15H14Cl2FNS. The fourth-order valence-electron chi connectivity index (χ4n) is 1.76. The zero-order valence-corrected chi connectivity index (χ0v) is 13.0. The molecule has 0 aliphatic carbocycles. The lowest BCUT2D eigenvalue weighted by Crippen LogP contribution is -2.25. The molecule has 0 spiro atoms. The predicted octanol–water partition coefficient (Wildman–Crippen LogP) is 4.79. The highest BCUT2D eigenvalue weighted by Gasteiger charge is 2.07. The minimum Gasteiger partial charge on any atom is -0.327 e. The van der Waals surface area contributed by atoms with Gasteiger partial charge in [0.05, 0.1) is 10.0 Å². The highest BCUT2D eigenvalue weighted by molar-refractivity contribution is 7.99. The summed E-state index contributed by atoms with van der Waals surface area (Å²) >= 11 is 13.5. The number of rotatable bonds is 5. The van der Waals surface area contributed by atoms with E-state index >= 15 is 0 Å². The van der Waals surface area contributed by atoms with E-state index in [9.17, 15) is 4.39 Å². The Morgan fingerprint density at radius 2 is 1.75 bits per heavy atom. The van der Waals surface area contributed by atoms with Gasteiger partial charge in [-0.3, -0.25) is 0 Å². The largest absolute Gasteiger partial charge is 0.327 e. The van der Waals surface area contributed by atoms with Crippen LogP contribution in [0.15, 0.2) is 47.4 Å². The Morgan fingerprint density at radius 1 is 1.05 bits per heavy atom. The fraction of sp³-hybridized carbons (Fsp3) is 0.200. The van der Waals surface area contributed by atoms with Crippen molar-refractivity contribution < 1.29 is 4.39 Å². The van der Waals surface area contributed by atoms with E-state index in [2.05, 4.69) is 0 Å². The first kappa shape index (κ1) is 15.6. The Labute approximate surface area is 132 Å². The van der Waals surface area contributed by atoms with Gasteiger partial charge in [-0.2, -0.15) is 0 Å².